The fourth-order valence-corrected chi connectivity index (χ4v) is 4.22. The molecule has 0 bridgehead atoms. The lowest BCUT2D eigenvalue weighted by Crippen LogP contribution is -2.32. The summed E-state index contributed by atoms with van der Waals surface area (Å²) in [7, 11) is -1.31. The normalized spacial score (nSPS) is 16.4. The Bertz CT molecular complexity index is 722. The van der Waals surface area contributed by atoms with Crippen molar-refractivity contribution >= 4 is 28.3 Å². The summed E-state index contributed by atoms with van der Waals surface area (Å²) in [4.78, 5) is 12.7. The quantitative estimate of drug-likeness (QED) is 0.888. The Morgan fingerprint density at radius 3 is 2.70 bits per heavy atom. The molecule has 1 amide bonds. The predicted molar refractivity (Wildman–Crippen MR) is 90.0 cm³/mol. The van der Waals surface area contributed by atoms with Crippen molar-refractivity contribution in [2.75, 3.05) is 0 Å². The average Bonchev–Trinajstić information content (AvgIpc) is 3.19. The van der Waals surface area contributed by atoms with Crippen LogP contribution < -0.4 is 5.32 Å². The smallest absolute Gasteiger partial charge is 0.287 e. The summed E-state index contributed by atoms with van der Waals surface area (Å²) in [6.07, 6.45) is 4.36. The van der Waals surface area contributed by atoms with E-state index in [1.807, 2.05) is 0 Å². The number of carbonyl (C=O) groups excluding carboxylic acids is 1. The predicted octanol–water partition coefficient (Wildman–Crippen LogP) is 3.91. The van der Waals surface area contributed by atoms with Crippen molar-refractivity contribution in [1.29, 1.82) is 0 Å². The molecule has 1 fully saturated rings. The summed E-state index contributed by atoms with van der Waals surface area (Å²) in [5, 5.41) is 3.44. The number of nitrogens with one attached hydrogen (secondary N) is 1. The molecule has 1 aromatic carbocycles. The first-order valence-electron chi connectivity index (χ1n) is 7.66. The van der Waals surface area contributed by atoms with E-state index in [0.29, 0.717) is 15.7 Å². The first-order valence-corrected chi connectivity index (χ1v) is 9.35. The van der Waals surface area contributed by atoms with Gasteiger partial charge in [-0.3, -0.25) is 9.00 Å². The number of rotatable bonds is 5. The molecule has 1 unspecified atom stereocenters. The molecular weight excluding hydrogens is 334 g/mol. The van der Waals surface area contributed by atoms with Crippen LogP contribution in [0, 0.1) is 0 Å². The van der Waals surface area contributed by atoms with Crippen LogP contribution in [0.15, 0.2) is 45.7 Å². The SMILES string of the molecule is O=C(NC1CCCC1)c1ccc(CS(=O)c2ccccc2Cl)o1. The Hall–Kier alpha value is -1.59. The standard InChI is InChI=1S/C17H18ClNO3S/c18-14-7-3-4-8-16(14)23(21)11-13-9-10-15(22-13)17(20)19-12-5-1-2-6-12/h3-4,7-10,12H,1-2,5-6,11H2,(H,19,20). The lowest BCUT2D eigenvalue weighted by atomic mass is 10.2. The van der Waals surface area contributed by atoms with Gasteiger partial charge >= 0.3 is 0 Å². The summed E-state index contributed by atoms with van der Waals surface area (Å²) < 4.78 is 17.9. The van der Waals surface area contributed by atoms with Crippen molar-refractivity contribution in [3.63, 3.8) is 0 Å². The summed E-state index contributed by atoms with van der Waals surface area (Å²) in [5.41, 5.74) is 0. The van der Waals surface area contributed by atoms with Gasteiger partial charge in [-0.2, -0.15) is 0 Å². The van der Waals surface area contributed by atoms with E-state index in [2.05, 4.69) is 5.32 Å². The van der Waals surface area contributed by atoms with Crippen LogP contribution in [0.2, 0.25) is 5.02 Å². The highest BCUT2D eigenvalue weighted by Gasteiger charge is 2.20. The lowest BCUT2D eigenvalue weighted by molar-refractivity contribution is 0.0908. The highest BCUT2D eigenvalue weighted by molar-refractivity contribution is 7.84. The maximum atomic E-state index is 12.4. The van der Waals surface area contributed by atoms with E-state index in [1.54, 1.807) is 36.4 Å². The van der Waals surface area contributed by atoms with Crippen molar-refractivity contribution in [3.05, 3.63) is 52.9 Å². The fourth-order valence-electron chi connectivity index (χ4n) is 2.74. The highest BCUT2D eigenvalue weighted by Crippen LogP contribution is 2.22. The van der Waals surface area contributed by atoms with E-state index in [9.17, 15) is 9.00 Å². The molecule has 1 saturated carbocycles. The number of benzene rings is 1. The van der Waals surface area contributed by atoms with E-state index < -0.39 is 10.8 Å². The second kappa shape index (κ2) is 7.32. The van der Waals surface area contributed by atoms with Gasteiger partial charge in [0.1, 0.15) is 5.76 Å². The molecule has 122 valence electrons. The molecule has 4 nitrogen and oxygen atoms in total. The Labute approximate surface area is 142 Å². The molecule has 0 saturated heterocycles. The van der Waals surface area contributed by atoms with Gasteiger partial charge in [0.2, 0.25) is 0 Å². The minimum Gasteiger partial charge on any atom is -0.455 e. The molecular formula is C17H18ClNO3S. The average molecular weight is 352 g/mol. The summed E-state index contributed by atoms with van der Waals surface area (Å²) in [6.45, 7) is 0. The third-order valence-corrected chi connectivity index (χ3v) is 5.77. The third kappa shape index (κ3) is 4.03. The second-order valence-electron chi connectivity index (χ2n) is 5.64. The molecule has 23 heavy (non-hydrogen) atoms. The van der Waals surface area contributed by atoms with E-state index in [1.165, 1.54) is 0 Å². The molecule has 1 atom stereocenters. The molecule has 1 heterocycles. The van der Waals surface area contributed by atoms with E-state index >= 15 is 0 Å². The van der Waals surface area contributed by atoms with Crippen LogP contribution >= 0.6 is 11.6 Å². The summed E-state index contributed by atoms with van der Waals surface area (Å²) in [5.74, 6) is 0.773. The zero-order valence-corrected chi connectivity index (χ0v) is 14.2. The van der Waals surface area contributed by atoms with Crippen molar-refractivity contribution in [3.8, 4) is 0 Å². The maximum absolute atomic E-state index is 12.4. The summed E-state index contributed by atoms with van der Waals surface area (Å²) >= 11 is 6.05. The Morgan fingerprint density at radius 1 is 1.22 bits per heavy atom. The number of hydrogen-bond donors (Lipinski definition) is 1. The molecule has 1 aliphatic rings. The van der Waals surface area contributed by atoms with Crippen LogP contribution in [0.25, 0.3) is 0 Å². The molecule has 2 aromatic rings. The molecule has 1 aromatic heterocycles. The molecule has 0 spiro atoms. The third-order valence-electron chi connectivity index (χ3n) is 3.93. The van der Waals surface area contributed by atoms with Gasteiger partial charge in [0, 0.05) is 6.04 Å². The highest BCUT2D eigenvalue weighted by atomic mass is 35.5. The van der Waals surface area contributed by atoms with Gasteiger partial charge in [0.15, 0.2) is 5.76 Å². The van der Waals surface area contributed by atoms with Crippen LogP contribution in [0.1, 0.15) is 42.0 Å². The van der Waals surface area contributed by atoms with Crippen molar-refractivity contribution in [2.24, 2.45) is 0 Å². The number of hydrogen-bond acceptors (Lipinski definition) is 3. The molecule has 1 aliphatic carbocycles. The van der Waals surface area contributed by atoms with Gasteiger partial charge in [-0.05, 0) is 37.1 Å². The zero-order valence-electron chi connectivity index (χ0n) is 12.6. The Morgan fingerprint density at radius 2 is 1.96 bits per heavy atom. The van der Waals surface area contributed by atoms with Crippen molar-refractivity contribution in [2.45, 2.75) is 42.4 Å². The number of carbonyl (C=O) groups is 1. The number of furan rings is 1. The number of amides is 1. The van der Waals surface area contributed by atoms with E-state index in [4.69, 9.17) is 16.0 Å². The fraction of sp³-hybridized carbons (Fsp3) is 0.353. The second-order valence-corrected chi connectivity index (χ2v) is 7.47. The van der Waals surface area contributed by atoms with Gasteiger partial charge < -0.3 is 9.73 Å². The first-order chi connectivity index (χ1) is 11.1. The number of halogens is 1. The molecule has 6 heteroatoms. The van der Waals surface area contributed by atoms with Gasteiger partial charge in [0.05, 0.1) is 26.5 Å². The van der Waals surface area contributed by atoms with Crippen LogP contribution in [0.4, 0.5) is 0 Å². The molecule has 0 aliphatic heterocycles. The minimum atomic E-state index is -1.31. The Kier molecular flexibility index (Phi) is 5.18. The van der Waals surface area contributed by atoms with Crippen molar-refractivity contribution < 1.29 is 13.4 Å². The van der Waals surface area contributed by atoms with Gasteiger partial charge in [-0.15, -0.1) is 0 Å². The van der Waals surface area contributed by atoms with E-state index in [-0.39, 0.29) is 23.5 Å². The zero-order chi connectivity index (χ0) is 16.2. The van der Waals surface area contributed by atoms with Gasteiger partial charge in [-0.25, -0.2) is 0 Å². The van der Waals surface area contributed by atoms with Gasteiger partial charge in [0.25, 0.3) is 5.91 Å². The van der Waals surface area contributed by atoms with Crippen LogP contribution in [-0.4, -0.2) is 16.2 Å². The van der Waals surface area contributed by atoms with Gasteiger partial charge in [-0.1, -0.05) is 36.6 Å². The van der Waals surface area contributed by atoms with Crippen LogP contribution in [0.5, 0.6) is 0 Å². The minimum absolute atomic E-state index is 0.195. The van der Waals surface area contributed by atoms with Crippen LogP contribution in [0.3, 0.4) is 0 Å². The van der Waals surface area contributed by atoms with Crippen LogP contribution in [-0.2, 0) is 16.6 Å². The largest absolute Gasteiger partial charge is 0.455 e. The lowest BCUT2D eigenvalue weighted by Gasteiger charge is -2.09. The summed E-state index contributed by atoms with van der Waals surface area (Å²) in [6, 6.07) is 10.6. The molecule has 3 rings (SSSR count). The van der Waals surface area contributed by atoms with Crippen molar-refractivity contribution in [1.82, 2.24) is 5.32 Å². The van der Waals surface area contributed by atoms with E-state index in [0.717, 1.165) is 25.7 Å². The molecule has 0 radical (unpaired) electrons. The maximum Gasteiger partial charge on any atom is 0.287 e. The first kappa shape index (κ1) is 16.3. The molecule has 1 N–H and O–H groups in total. The Balaban J connectivity index is 1.64. The topological polar surface area (TPSA) is 59.3 Å². The monoisotopic (exact) mass is 351 g/mol.